The van der Waals surface area contributed by atoms with Crippen LogP contribution in [0.25, 0.3) is 0 Å². The molecule has 0 aromatic carbocycles. The molecule has 0 N–H and O–H groups in total. The molecule has 0 saturated carbocycles. The van der Waals surface area contributed by atoms with Crippen LogP contribution >= 0.6 is 0 Å². The Morgan fingerprint density at radius 3 is 1.68 bits per heavy atom. The van der Waals surface area contributed by atoms with E-state index in [1.165, 1.54) is 0 Å². The van der Waals surface area contributed by atoms with E-state index in [0.717, 1.165) is 60.8 Å². The fourth-order valence-electron chi connectivity index (χ4n) is 2.67. The van der Waals surface area contributed by atoms with Crippen LogP contribution in [0.5, 0.6) is 0 Å². The molecule has 0 unspecified atom stereocenters. The maximum absolute atomic E-state index is 12.6. The van der Waals surface area contributed by atoms with Crippen LogP contribution < -0.4 is 0 Å². The first-order valence-corrected chi connectivity index (χ1v) is 8.26. The summed E-state index contributed by atoms with van der Waals surface area (Å²) in [6.07, 6.45) is 16.8. The minimum Gasteiger partial charge on any atom is -0.290 e. The number of hydrogen-bond donors (Lipinski definition) is 0. The van der Waals surface area contributed by atoms with Crippen LogP contribution in [0, 0.1) is 0 Å². The summed E-state index contributed by atoms with van der Waals surface area (Å²) in [5.41, 5.74) is 3.89. The summed E-state index contributed by atoms with van der Waals surface area (Å²) in [6, 6.07) is 0. The number of rotatable bonds is 6. The van der Waals surface area contributed by atoms with Gasteiger partial charge in [0.2, 0.25) is 0 Å². The number of Topliss-reactive ketones (excluding diaryl/α,β-unsaturated/α-hetero) is 1. The molecule has 2 nitrogen and oxygen atoms in total. The van der Waals surface area contributed by atoms with Crippen LogP contribution in [-0.2, 0) is 9.59 Å². The molecule has 0 atom stereocenters. The molecule has 2 aliphatic carbocycles. The van der Waals surface area contributed by atoms with Crippen molar-refractivity contribution in [3.05, 3.63) is 58.7 Å². The van der Waals surface area contributed by atoms with Gasteiger partial charge in [0, 0.05) is 11.1 Å². The first kappa shape index (κ1) is 16.4. The van der Waals surface area contributed by atoms with Gasteiger partial charge in [0.05, 0.1) is 0 Å². The second-order valence-corrected chi connectivity index (χ2v) is 5.86. The molecule has 116 valence electrons. The molecule has 0 radical (unpaired) electrons. The van der Waals surface area contributed by atoms with Gasteiger partial charge >= 0.3 is 0 Å². The SMILES string of the molecule is CCCCC1=CC(=C2C=CC(=O)C=C2)C=C(CCCC)C1=O. The van der Waals surface area contributed by atoms with Gasteiger partial charge in [-0.05, 0) is 61.1 Å². The summed E-state index contributed by atoms with van der Waals surface area (Å²) in [5, 5.41) is 0. The van der Waals surface area contributed by atoms with E-state index in [9.17, 15) is 9.59 Å². The second kappa shape index (κ2) is 7.88. The van der Waals surface area contributed by atoms with E-state index < -0.39 is 0 Å². The first-order valence-electron chi connectivity index (χ1n) is 8.26. The fraction of sp³-hybridized carbons (Fsp3) is 0.400. The van der Waals surface area contributed by atoms with Gasteiger partial charge in [0.1, 0.15) is 0 Å². The van der Waals surface area contributed by atoms with Crippen molar-refractivity contribution in [3.8, 4) is 0 Å². The zero-order valence-electron chi connectivity index (χ0n) is 13.5. The highest BCUT2D eigenvalue weighted by Crippen LogP contribution is 2.28. The number of unbranched alkanes of at least 4 members (excludes halogenated alkanes) is 2. The molecule has 2 aliphatic rings. The van der Waals surface area contributed by atoms with E-state index >= 15 is 0 Å². The van der Waals surface area contributed by atoms with Crippen LogP contribution in [0.1, 0.15) is 52.4 Å². The van der Waals surface area contributed by atoms with E-state index in [1.54, 1.807) is 12.2 Å². The first-order chi connectivity index (χ1) is 10.7. The van der Waals surface area contributed by atoms with Gasteiger partial charge in [-0.25, -0.2) is 0 Å². The molecule has 22 heavy (non-hydrogen) atoms. The summed E-state index contributed by atoms with van der Waals surface area (Å²) >= 11 is 0. The molecule has 0 saturated heterocycles. The standard InChI is InChI=1S/C20H24O2/c1-3-5-7-16-13-18(15-9-11-19(21)12-10-15)14-17(20(16)22)8-6-4-2/h9-14H,3-8H2,1-2H3. The van der Waals surface area contributed by atoms with Crippen molar-refractivity contribution in [2.24, 2.45) is 0 Å². The third-order valence-electron chi connectivity index (χ3n) is 4.03. The predicted octanol–water partition coefficient (Wildman–Crippen LogP) is 4.79. The van der Waals surface area contributed by atoms with Crippen molar-refractivity contribution in [2.45, 2.75) is 52.4 Å². The van der Waals surface area contributed by atoms with Gasteiger partial charge in [-0.3, -0.25) is 9.59 Å². The fourth-order valence-corrected chi connectivity index (χ4v) is 2.67. The minimum atomic E-state index is 0.0154. The van der Waals surface area contributed by atoms with Crippen molar-refractivity contribution in [1.82, 2.24) is 0 Å². The third kappa shape index (κ3) is 4.03. The number of carbonyl (C=O) groups excluding carboxylic acids is 2. The average Bonchev–Trinajstić information content (AvgIpc) is 2.53. The number of carbonyl (C=O) groups is 2. The van der Waals surface area contributed by atoms with Crippen molar-refractivity contribution in [1.29, 1.82) is 0 Å². The lowest BCUT2D eigenvalue weighted by molar-refractivity contribution is -0.112. The Morgan fingerprint density at radius 2 is 1.23 bits per heavy atom. The van der Waals surface area contributed by atoms with E-state index in [4.69, 9.17) is 0 Å². The second-order valence-electron chi connectivity index (χ2n) is 5.86. The van der Waals surface area contributed by atoms with Crippen molar-refractivity contribution < 1.29 is 9.59 Å². The highest BCUT2D eigenvalue weighted by Gasteiger charge is 2.20. The van der Waals surface area contributed by atoms with Gasteiger partial charge in [0.15, 0.2) is 11.6 Å². The van der Waals surface area contributed by atoms with E-state index in [-0.39, 0.29) is 11.6 Å². The van der Waals surface area contributed by atoms with Gasteiger partial charge in [-0.15, -0.1) is 0 Å². The highest BCUT2D eigenvalue weighted by atomic mass is 16.1. The van der Waals surface area contributed by atoms with Crippen LogP contribution in [0.3, 0.4) is 0 Å². The molecule has 0 spiro atoms. The summed E-state index contributed by atoms with van der Waals surface area (Å²) in [6.45, 7) is 4.28. The zero-order chi connectivity index (χ0) is 15.9. The Hall–Kier alpha value is -1.96. The Kier molecular flexibility index (Phi) is 5.88. The number of ketones is 2. The van der Waals surface area contributed by atoms with E-state index in [1.807, 2.05) is 24.3 Å². The smallest absolute Gasteiger partial charge is 0.185 e. The average molecular weight is 296 g/mol. The van der Waals surface area contributed by atoms with Crippen molar-refractivity contribution >= 4 is 11.6 Å². The monoisotopic (exact) mass is 296 g/mol. The van der Waals surface area contributed by atoms with Crippen LogP contribution in [-0.4, -0.2) is 11.6 Å². The lowest BCUT2D eigenvalue weighted by Crippen LogP contribution is -2.12. The normalized spacial score (nSPS) is 17.9. The third-order valence-corrected chi connectivity index (χ3v) is 4.03. The molecular weight excluding hydrogens is 272 g/mol. The van der Waals surface area contributed by atoms with E-state index in [2.05, 4.69) is 13.8 Å². The maximum Gasteiger partial charge on any atom is 0.185 e. The van der Waals surface area contributed by atoms with Gasteiger partial charge in [-0.2, -0.15) is 0 Å². The summed E-state index contributed by atoms with van der Waals surface area (Å²) in [7, 11) is 0. The molecule has 0 aliphatic heterocycles. The van der Waals surface area contributed by atoms with E-state index in [0.29, 0.717) is 0 Å². The van der Waals surface area contributed by atoms with Crippen molar-refractivity contribution in [2.75, 3.05) is 0 Å². The summed E-state index contributed by atoms with van der Waals surface area (Å²) in [4.78, 5) is 23.8. The molecule has 0 heterocycles. The lowest BCUT2D eigenvalue weighted by atomic mass is 9.86. The van der Waals surface area contributed by atoms with Gasteiger partial charge in [0.25, 0.3) is 0 Å². The molecule has 0 bridgehead atoms. The minimum absolute atomic E-state index is 0.0154. The highest BCUT2D eigenvalue weighted by molar-refractivity contribution is 6.10. The molecule has 0 aromatic rings. The molecule has 0 amide bonds. The van der Waals surface area contributed by atoms with Gasteiger partial charge < -0.3 is 0 Å². The largest absolute Gasteiger partial charge is 0.290 e. The van der Waals surface area contributed by atoms with Gasteiger partial charge in [-0.1, -0.05) is 38.8 Å². The topological polar surface area (TPSA) is 34.1 Å². The Balaban J connectivity index is 2.35. The predicted molar refractivity (Wildman–Crippen MR) is 90.5 cm³/mol. The van der Waals surface area contributed by atoms with Crippen LogP contribution in [0.15, 0.2) is 58.7 Å². The zero-order valence-corrected chi connectivity index (χ0v) is 13.5. The molecule has 2 rings (SSSR count). The Labute approximate surface area is 133 Å². The number of hydrogen-bond acceptors (Lipinski definition) is 2. The molecular formula is C20H24O2. The quantitative estimate of drug-likeness (QED) is 0.706. The molecule has 0 aromatic heterocycles. The van der Waals surface area contributed by atoms with Crippen molar-refractivity contribution in [3.63, 3.8) is 0 Å². The maximum atomic E-state index is 12.6. The molecule has 0 fully saturated rings. The Bertz CT molecular complexity index is 562. The summed E-state index contributed by atoms with van der Waals surface area (Å²) in [5.74, 6) is 0.229. The lowest BCUT2D eigenvalue weighted by Gasteiger charge is -2.17. The number of allylic oxidation sites excluding steroid dienone is 10. The Morgan fingerprint density at radius 1 is 0.727 bits per heavy atom. The van der Waals surface area contributed by atoms with Crippen LogP contribution in [0.2, 0.25) is 0 Å². The summed E-state index contributed by atoms with van der Waals surface area (Å²) < 4.78 is 0. The van der Waals surface area contributed by atoms with Crippen LogP contribution in [0.4, 0.5) is 0 Å². The molecule has 2 heteroatoms.